The smallest absolute Gasteiger partial charge is 0.330 e. The van der Waals surface area contributed by atoms with Gasteiger partial charge in [-0.3, -0.25) is 4.79 Å². The Morgan fingerprint density at radius 2 is 1.65 bits per heavy atom. The van der Waals surface area contributed by atoms with Gasteiger partial charge in [0.05, 0.1) is 18.6 Å². The van der Waals surface area contributed by atoms with Crippen LogP contribution in [0.4, 0.5) is 11.4 Å². The van der Waals surface area contributed by atoms with Gasteiger partial charge in [0.15, 0.2) is 0 Å². The Morgan fingerprint density at radius 1 is 0.946 bits per heavy atom. The van der Waals surface area contributed by atoms with Crippen LogP contribution in [0.2, 0.25) is 0 Å². The Balaban J connectivity index is 1.35. The molecule has 0 unspecified atom stereocenters. The third kappa shape index (κ3) is 10.1. The van der Waals surface area contributed by atoms with Gasteiger partial charge >= 0.3 is 11.9 Å². The van der Waals surface area contributed by atoms with Crippen LogP contribution in [-0.4, -0.2) is 31.3 Å². The molecule has 0 bridgehead atoms. The lowest BCUT2D eigenvalue weighted by molar-refractivity contribution is -0.141. The van der Waals surface area contributed by atoms with Gasteiger partial charge in [0.1, 0.15) is 5.75 Å². The van der Waals surface area contributed by atoms with E-state index in [9.17, 15) is 9.59 Å². The number of unbranched alkanes of at least 4 members (excludes halogenated alkanes) is 2. The molecule has 7 heteroatoms. The molecule has 0 saturated heterocycles. The molecular weight excluding hydrogens is 468 g/mol. The number of esters is 2. The van der Waals surface area contributed by atoms with E-state index in [1.807, 2.05) is 18.2 Å². The number of anilines is 2. The Morgan fingerprint density at radius 3 is 2.32 bits per heavy atom. The fraction of sp³-hybridized carbons (Fsp3) is 0.400. The number of nitrogens with two attached hydrogens (primary N) is 2. The second-order valence-corrected chi connectivity index (χ2v) is 9.38. The van der Waals surface area contributed by atoms with Crippen molar-refractivity contribution in [2.24, 2.45) is 5.92 Å². The van der Waals surface area contributed by atoms with Gasteiger partial charge in [-0.2, -0.15) is 0 Å². The van der Waals surface area contributed by atoms with Gasteiger partial charge in [-0.1, -0.05) is 18.2 Å². The van der Waals surface area contributed by atoms with Crippen LogP contribution in [0, 0.1) is 5.92 Å². The number of allylic oxidation sites excluding steroid dienone is 1. The zero-order valence-corrected chi connectivity index (χ0v) is 21.4. The second-order valence-electron chi connectivity index (χ2n) is 9.38. The molecule has 1 aliphatic rings. The standard InChI is InChI=1S/C30H38N2O5/c1-2-3-4-5-17-35-27-13-9-24(10-14-27)30(34)37-28-11-6-22(7-12-28)8-15-29(33)36-18-16-23-19-25(31)21-26(32)20-23/h2,6-8,11-12,15,19-21,24,27H,1,3-5,9-10,13-14,16-18,31-32H2. The highest BCUT2D eigenvalue weighted by atomic mass is 16.5. The van der Waals surface area contributed by atoms with Gasteiger partial charge in [-0.15, -0.1) is 6.58 Å². The van der Waals surface area contributed by atoms with Crippen molar-refractivity contribution >= 4 is 29.4 Å². The van der Waals surface area contributed by atoms with Crippen molar-refractivity contribution in [2.75, 3.05) is 24.7 Å². The predicted octanol–water partition coefficient (Wildman–Crippen LogP) is 5.49. The monoisotopic (exact) mass is 506 g/mol. The van der Waals surface area contributed by atoms with E-state index >= 15 is 0 Å². The summed E-state index contributed by atoms with van der Waals surface area (Å²) in [6, 6.07) is 12.3. The van der Waals surface area contributed by atoms with E-state index in [0.29, 0.717) is 23.5 Å². The van der Waals surface area contributed by atoms with Crippen LogP contribution in [0.15, 0.2) is 61.2 Å². The van der Waals surface area contributed by atoms with Gasteiger partial charge in [-0.25, -0.2) is 4.79 Å². The fourth-order valence-electron chi connectivity index (χ4n) is 4.32. The molecule has 0 radical (unpaired) electrons. The summed E-state index contributed by atoms with van der Waals surface area (Å²) < 4.78 is 16.8. The summed E-state index contributed by atoms with van der Waals surface area (Å²) in [5.41, 5.74) is 14.4. The maximum atomic E-state index is 12.6. The minimum absolute atomic E-state index is 0.0984. The number of benzene rings is 2. The first-order chi connectivity index (χ1) is 17.9. The molecule has 198 valence electrons. The molecule has 0 aliphatic heterocycles. The molecule has 0 aromatic heterocycles. The summed E-state index contributed by atoms with van der Waals surface area (Å²) >= 11 is 0. The number of carbonyl (C=O) groups is 2. The van der Waals surface area contributed by atoms with Crippen LogP contribution in [0.25, 0.3) is 6.08 Å². The lowest BCUT2D eigenvalue weighted by atomic mass is 9.87. The topological polar surface area (TPSA) is 114 Å². The average molecular weight is 507 g/mol. The maximum absolute atomic E-state index is 12.6. The van der Waals surface area contributed by atoms with E-state index in [1.54, 1.807) is 36.4 Å². The first kappa shape index (κ1) is 28.0. The molecule has 7 nitrogen and oxygen atoms in total. The third-order valence-electron chi connectivity index (χ3n) is 6.35. The molecule has 1 saturated carbocycles. The summed E-state index contributed by atoms with van der Waals surface area (Å²) in [6.07, 6.45) is 12.2. The highest BCUT2D eigenvalue weighted by molar-refractivity contribution is 5.87. The summed E-state index contributed by atoms with van der Waals surface area (Å²) in [6.45, 7) is 4.73. The minimum Gasteiger partial charge on any atom is -0.462 e. The van der Waals surface area contributed by atoms with Crippen molar-refractivity contribution in [3.8, 4) is 5.75 Å². The Bertz CT molecular complexity index is 1040. The van der Waals surface area contributed by atoms with Gasteiger partial charge in [0.25, 0.3) is 0 Å². The summed E-state index contributed by atoms with van der Waals surface area (Å²) in [5.74, 6) is -0.243. The van der Waals surface area contributed by atoms with Crippen LogP contribution in [0.5, 0.6) is 5.75 Å². The lowest BCUT2D eigenvalue weighted by Crippen LogP contribution is -2.29. The largest absolute Gasteiger partial charge is 0.462 e. The summed E-state index contributed by atoms with van der Waals surface area (Å²) in [7, 11) is 0. The molecule has 0 amide bonds. The zero-order valence-electron chi connectivity index (χ0n) is 21.4. The van der Waals surface area contributed by atoms with E-state index in [4.69, 9.17) is 25.7 Å². The number of nitrogen functional groups attached to an aromatic ring is 2. The summed E-state index contributed by atoms with van der Waals surface area (Å²) in [4.78, 5) is 24.6. The maximum Gasteiger partial charge on any atom is 0.330 e. The minimum atomic E-state index is -0.441. The van der Waals surface area contributed by atoms with E-state index in [1.165, 1.54) is 6.08 Å². The third-order valence-corrected chi connectivity index (χ3v) is 6.35. The molecule has 2 aromatic rings. The van der Waals surface area contributed by atoms with Crippen LogP contribution in [0.1, 0.15) is 56.1 Å². The number of rotatable bonds is 13. The van der Waals surface area contributed by atoms with Crippen LogP contribution in [0.3, 0.4) is 0 Å². The Labute approximate surface area is 219 Å². The molecule has 1 aliphatic carbocycles. The first-order valence-corrected chi connectivity index (χ1v) is 13.0. The summed E-state index contributed by atoms with van der Waals surface area (Å²) in [5, 5.41) is 0. The number of hydrogen-bond acceptors (Lipinski definition) is 7. The van der Waals surface area contributed by atoms with Crippen molar-refractivity contribution in [3.05, 3.63) is 72.3 Å². The fourth-order valence-corrected chi connectivity index (χ4v) is 4.32. The molecule has 0 spiro atoms. The molecule has 0 heterocycles. The molecule has 4 N–H and O–H groups in total. The molecule has 0 atom stereocenters. The van der Waals surface area contributed by atoms with E-state index in [-0.39, 0.29) is 24.6 Å². The van der Waals surface area contributed by atoms with Crippen LogP contribution >= 0.6 is 0 Å². The van der Waals surface area contributed by atoms with Crippen LogP contribution < -0.4 is 16.2 Å². The molecule has 1 fully saturated rings. The molecule has 3 rings (SSSR count). The van der Waals surface area contributed by atoms with E-state index in [2.05, 4.69) is 6.58 Å². The van der Waals surface area contributed by atoms with Crippen molar-refractivity contribution in [2.45, 2.75) is 57.5 Å². The van der Waals surface area contributed by atoms with Gasteiger partial charge < -0.3 is 25.7 Å². The molecule has 2 aromatic carbocycles. The van der Waals surface area contributed by atoms with Crippen molar-refractivity contribution in [3.63, 3.8) is 0 Å². The quantitative estimate of drug-likeness (QED) is 0.0922. The van der Waals surface area contributed by atoms with Gasteiger partial charge in [-0.05, 0) is 92.5 Å². The van der Waals surface area contributed by atoms with Crippen molar-refractivity contribution in [1.82, 2.24) is 0 Å². The van der Waals surface area contributed by atoms with Gasteiger partial charge in [0, 0.05) is 30.5 Å². The zero-order chi connectivity index (χ0) is 26.5. The van der Waals surface area contributed by atoms with Crippen molar-refractivity contribution < 1.29 is 23.8 Å². The second kappa shape index (κ2) is 14.9. The highest BCUT2D eigenvalue weighted by Gasteiger charge is 2.28. The Hall–Kier alpha value is -3.58. The Kier molecular flexibility index (Phi) is 11.2. The molecule has 37 heavy (non-hydrogen) atoms. The number of ether oxygens (including phenoxy) is 3. The van der Waals surface area contributed by atoms with E-state index in [0.717, 1.165) is 62.7 Å². The normalized spacial score (nSPS) is 17.4. The predicted molar refractivity (Wildman–Crippen MR) is 147 cm³/mol. The highest BCUT2D eigenvalue weighted by Crippen LogP contribution is 2.28. The SMILES string of the molecule is C=CCCCCOC1CCC(C(=O)Oc2ccc(C=CC(=O)OCCc3cc(N)cc(N)c3)cc2)CC1. The van der Waals surface area contributed by atoms with Gasteiger partial charge in [0.2, 0.25) is 0 Å². The van der Waals surface area contributed by atoms with E-state index < -0.39 is 5.97 Å². The van der Waals surface area contributed by atoms with Crippen molar-refractivity contribution in [1.29, 1.82) is 0 Å². The number of hydrogen-bond donors (Lipinski definition) is 2. The van der Waals surface area contributed by atoms with Crippen LogP contribution in [-0.2, 0) is 25.5 Å². The first-order valence-electron chi connectivity index (χ1n) is 13.0. The lowest BCUT2D eigenvalue weighted by Gasteiger charge is -2.27. The average Bonchev–Trinajstić information content (AvgIpc) is 2.88. The molecular formula is C30H38N2O5. The number of carbonyl (C=O) groups excluding carboxylic acids is 2.